The molecule has 26 heavy (non-hydrogen) atoms. The van der Waals surface area contributed by atoms with Crippen LogP contribution >= 0.6 is 28.1 Å². The van der Waals surface area contributed by atoms with Crippen LogP contribution in [0.1, 0.15) is 34.1 Å². The van der Waals surface area contributed by atoms with E-state index >= 15 is 0 Å². The third-order valence-corrected chi connectivity index (χ3v) is 4.00. The van der Waals surface area contributed by atoms with E-state index in [2.05, 4.69) is 26.6 Å². The fourth-order valence-corrected chi connectivity index (χ4v) is 2.64. The van der Waals surface area contributed by atoms with Gasteiger partial charge in [-0.25, -0.2) is 0 Å². The maximum absolute atomic E-state index is 12.5. The topological polar surface area (TPSA) is 93.4 Å². The maximum Gasteiger partial charge on any atom is 0.261 e. The van der Waals surface area contributed by atoms with Crippen LogP contribution in [0.5, 0.6) is 5.75 Å². The number of ether oxygens (including phenoxy) is 1. The van der Waals surface area contributed by atoms with E-state index in [0.29, 0.717) is 29.2 Å². The molecule has 0 radical (unpaired) electrons. The minimum atomic E-state index is -0.512. The molecule has 2 aromatic carbocycles. The number of thiocarbonyl (C=S) groups is 1. The standard InChI is InChI=1S/C18H18BrN3O3S/c1-2-9-25-15-8-5-12(19)10-14(15)17(24)22-18(26)21-13-6-3-11(4-7-13)16(20)23/h3-8,10H,2,9H2,1H3,(H2,20,23)(H2,21,22,24,26). The highest BCUT2D eigenvalue weighted by molar-refractivity contribution is 9.10. The van der Waals surface area contributed by atoms with E-state index in [4.69, 9.17) is 22.7 Å². The van der Waals surface area contributed by atoms with Gasteiger partial charge < -0.3 is 15.8 Å². The Kier molecular flexibility index (Phi) is 7.11. The highest BCUT2D eigenvalue weighted by atomic mass is 79.9. The molecule has 6 nitrogen and oxygen atoms in total. The number of rotatable bonds is 6. The second kappa shape index (κ2) is 9.30. The van der Waals surface area contributed by atoms with Gasteiger partial charge in [-0.15, -0.1) is 0 Å². The Bertz CT molecular complexity index is 825. The quantitative estimate of drug-likeness (QED) is 0.603. The number of benzene rings is 2. The third-order valence-electron chi connectivity index (χ3n) is 3.30. The average molecular weight is 436 g/mol. The summed E-state index contributed by atoms with van der Waals surface area (Å²) in [7, 11) is 0. The van der Waals surface area contributed by atoms with Crippen molar-refractivity contribution in [3.63, 3.8) is 0 Å². The number of amides is 2. The molecule has 0 unspecified atom stereocenters. The zero-order valence-electron chi connectivity index (χ0n) is 14.0. The van der Waals surface area contributed by atoms with Crippen molar-refractivity contribution in [1.29, 1.82) is 0 Å². The van der Waals surface area contributed by atoms with Crippen LogP contribution in [0.2, 0.25) is 0 Å². The Morgan fingerprint density at radius 2 is 1.88 bits per heavy atom. The molecule has 2 rings (SSSR count). The molecular weight excluding hydrogens is 418 g/mol. The van der Waals surface area contributed by atoms with Gasteiger partial charge in [0.15, 0.2) is 5.11 Å². The molecular formula is C18H18BrN3O3S. The van der Waals surface area contributed by atoms with Gasteiger partial charge in [-0.05, 0) is 61.1 Å². The Balaban J connectivity index is 2.05. The zero-order valence-corrected chi connectivity index (χ0v) is 16.4. The highest BCUT2D eigenvalue weighted by Gasteiger charge is 2.15. The third kappa shape index (κ3) is 5.53. The van der Waals surface area contributed by atoms with Gasteiger partial charge in [0.05, 0.1) is 12.2 Å². The molecule has 4 N–H and O–H groups in total. The van der Waals surface area contributed by atoms with Crippen molar-refractivity contribution in [2.24, 2.45) is 5.73 Å². The van der Waals surface area contributed by atoms with E-state index in [1.54, 1.807) is 42.5 Å². The van der Waals surface area contributed by atoms with E-state index in [0.717, 1.165) is 10.9 Å². The van der Waals surface area contributed by atoms with Gasteiger partial charge in [0.1, 0.15) is 5.75 Å². The van der Waals surface area contributed by atoms with Gasteiger partial charge in [0.2, 0.25) is 5.91 Å². The number of nitrogens with one attached hydrogen (secondary N) is 2. The van der Waals surface area contributed by atoms with E-state index in [-0.39, 0.29) is 11.0 Å². The predicted octanol–water partition coefficient (Wildman–Crippen LogP) is 3.46. The van der Waals surface area contributed by atoms with Gasteiger partial charge in [-0.1, -0.05) is 22.9 Å². The molecule has 0 aliphatic heterocycles. The molecule has 0 saturated carbocycles. The van der Waals surface area contributed by atoms with Crippen molar-refractivity contribution in [3.05, 3.63) is 58.1 Å². The number of hydrogen-bond acceptors (Lipinski definition) is 4. The van der Waals surface area contributed by atoms with Gasteiger partial charge in [0, 0.05) is 15.7 Å². The molecule has 0 aliphatic rings. The van der Waals surface area contributed by atoms with Crippen LogP contribution in [-0.2, 0) is 0 Å². The number of primary amides is 1. The number of halogens is 1. The lowest BCUT2D eigenvalue weighted by molar-refractivity contribution is 0.0971. The summed E-state index contributed by atoms with van der Waals surface area (Å²) in [5.41, 5.74) is 6.58. The zero-order chi connectivity index (χ0) is 19.1. The fourth-order valence-electron chi connectivity index (χ4n) is 2.07. The fraction of sp³-hybridized carbons (Fsp3) is 0.167. The lowest BCUT2D eigenvalue weighted by Gasteiger charge is -2.13. The van der Waals surface area contributed by atoms with Crippen LogP contribution < -0.4 is 21.1 Å². The summed E-state index contributed by atoms with van der Waals surface area (Å²) < 4.78 is 6.37. The normalized spacial score (nSPS) is 10.1. The molecule has 0 fully saturated rings. The lowest BCUT2D eigenvalue weighted by atomic mass is 10.2. The number of carbonyl (C=O) groups is 2. The summed E-state index contributed by atoms with van der Waals surface area (Å²) in [5, 5.41) is 5.62. The summed E-state index contributed by atoms with van der Waals surface area (Å²) in [6.45, 7) is 2.50. The summed E-state index contributed by atoms with van der Waals surface area (Å²) >= 11 is 8.52. The first kappa shape index (κ1) is 19.9. The predicted molar refractivity (Wildman–Crippen MR) is 109 cm³/mol. The first-order chi connectivity index (χ1) is 12.4. The number of anilines is 1. The molecule has 0 bridgehead atoms. The molecule has 2 aromatic rings. The van der Waals surface area contributed by atoms with Gasteiger partial charge in [-0.2, -0.15) is 0 Å². The van der Waals surface area contributed by atoms with E-state index in [9.17, 15) is 9.59 Å². The average Bonchev–Trinajstić information content (AvgIpc) is 2.60. The van der Waals surface area contributed by atoms with E-state index in [1.165, 1.54) is 0 Å². The smallest absolute Gasteiger partial charge is 0.261 e. The molecule has 0 aromatic heterocycles. The first-order valence-electron chi connectivity index (χ1n) is 7.85. The van der Waals surface area contributed by atoms with Crippen molar-refractivity contribution in [3.8, 4) is 5.75 Å². The SMILES string of the molecule is CCCOc1ccc(Br)cc1C(=O)NC(=S)Nc1ccc(C(N)=O)cc1. The Hall–Kier alpha value is -2.45. The van der Waals surface area contributed by atoms with Gasteiger partial charge >= 0.3 is 0 Å². The van der Waals surface area contributed by atoms with Crippen molar-refractivity contribution in [2.75, 3.05) is 11.9 Å². The molecule has 0 spiro atoms. The highest BCUT2D eigenvalue weighted by Crippen LogP contribution is 2.23. The van der Waals surface area contributed by atoms with Gasteiger partial charge in [0.25, 0.3) is 5.91 Å². The summed E-state index contributed by atoms with van der Waals surface area (Å²) in [4.78, 5) is 23.6. The Morgan fingerprint density at radius 1 is 1.19 bits per heavy atom. The van der Waals surface area contributed by atoms with Crippen molar-refractivity contribution in [2.45, 2.75) is 13.3 Å². The van der Waals surface area contributed by atoms with Crippen molar-refractivity contribution in [1.82, 2.24) is 5.32 Å². The minimum absolute atomic E-state index is 0.128. The molecule has 0 aliphatic carbocycles. The summed E-state index contributed by atoms with van der Waals surface area (Å²) in [6.07, 6.45) is 0.832. The van der Waals surface area contributed by atoms with Crippen LogP contribution in [0.15, 0.2) is 46.9 Å². The minimum Gasteiger partial charge on any atom is -0.493 e. The molecule has 2 amide bonds. The maximum atomic E-state index is 12.5. The van der Waals surface area contributed by atoms with Crippen LogP contribution in [0.3, 0.4) is 0 Å². The van der Waals surface area contributed by atoms with Crippen LogP contribution in [0, 0.1) is 0 Å². The Labute approximate surface area is 165 Å². The monoisotopic (exact) mass is 435 g/mol. The molecule has 0 saturated heterocycles. The van der Waals surface area contributed by atoms with Crippen molar-refractivity contribution >= 4 is 50.8 Å². The second-order valence-electron chi connectivity index (χ2n) is 5.34. The van der Waals surface area contributed by atoms with Crippen LogP contribution in [-0.4, -0.2) is 23.5 Å². The van der Waals surface area contributed by atoms with Crippen LogP contribution in [0.4, 0.5) is 5.69 Å². The number of carbonyl (C=O) groups excluding carboxylic acids is 2. The number of nitrogens with two attached hydrogens (primary N) is 1. The number of hydrogen-bond donors (Lipinski definition) is 3. The van der Waals surface area contributed by atoms with Gasteiger partial charge in [-0.3, -0.25) is 14.9 Å². The van der Waals surface area contributed by atoms with Crippen LogP contribution in [0.25, 0.3) is 0 Å². The molecule has 8 heteroatoms. The van der Waals surface area contributed by atoms with E-state index in [1.807, 2.05) is 6.92 Å². The largest absolute Gasteiger partial charge is 0.493 e. The Morgan fingerprint density at radius 3 is 2.50 bits per heavy atom. The molecule has 0 atom stereocenters. The summed E-state index contributed by atoms with van der Waals surface area (Å²) in [5.74, 6) is -0.411. The summed E-state index contributed by atoms with van der Waals surface area (Å²) in [6, 6.07) is 11.6. The van der Waals surface area contributed by atoms with Crippen molar-refractivity contribution < 1.29 is 14.3 Å². The first-order valence-corrected chi connectivity index (χ1v) is 9.05. The molecule has 136 valence electrons. The lowest BCUT2D eigenvalue weighted by Crippen LogP contribution is -2.34. The second-order valence-corrected chi connectivity index (χ2v) is 6.66. The molecule has 0 heterocycles. The van der Waals surface area contributed by atoms with E-state index < -0.39 is 5.91 Å².